The minimum atomic E-state index is -6.34. The van der Waals surface area contributed by atoms with Crippen molar-refractivity contribution in [1.29, 1.82) is 0 Å². The first-order valence-electron chi connectivity index (χ1n) is 11.5. The molecule has 0 radical (unpaired) electrons. The van der Waals surface area contributed by atoms with Gasteiger partial charge < -0.3 is 9.64 Å². The zero-order chi connectivity index (χ0) is 29.6. The normalized spacial score (nSPS) is 14.5. The lowest BCUT2D eigenvalue weighted by Crippen LogP contribution is -2.50. The Morgan fingerprint density at radius 1 is 1.00 bits per heavy atom. The van der Waals surface area contributed by atoms with Gasteiger partial charge in [0.15, 0.2) is 0 Å². The Labute approximate surface area is 237 Å². The number of hydrogen-bond donors (Lipinski definition) is 0. The van der Waals surface area contributed by atoms with Crippen molar-refractivity contribution in [2.24, 2.45) is 0 Å². The number of amides is 1. The van der Waals surface area contributed by atoms with Crippen molar-refractivity contribution < 1.29 is 40.3 Å². The number of alkyl halides is 7. The summed E-state index contributed by atoms with van der Waals surface area (Å²) >= 11 is 18.2. The average molecular weight is 634 g/mol. The standard InChI is InChI=1S/C24H18Cl3F7N4O2/c1-2-40-11-37(15-3-4-15)21(39)16-5-12(8-35-20(16)27)13-9-36-38(10-13)19-17(25)6-14(7-18(19)26)22(28,23(29,30)31)24(32,33)34/h5-10,15H,2-4,11H2,1H3. The van der Waals surface area contributed by atoms with Gasteiger partial charge in [-0.1, -0.05) is 34.8 Å². The van der Waals surface area contributed by atoms with Crippen molar-refractivity contribution in [2.75, 3.05) is 13.3 Å². The van der Waals surface area contributed by atoms with Crippen LogP contribution in [0.3, 0.4) is 0 Å². The van der Waals surface area contributed by atoms with Gasteiger partial charge in [0.25, 0.3) is 5.91 Å². The number of ether oxygens (including phenoxy) is 1. The molecular formula is C24H18Cl3F7N4O2. The summed E-state index contributed by atoms with van der Waals surface area (Å²) in [6.45, 7) is 2.25. The molecule has 1 aliphatic carbocycles. The van der Waals surface area contributed by atoms with Crippen LogP contribution < -0.4 is 0 Å². The molecule has 40 heavy (non-hydrogen) atoms. The Hall–Kier alpha value is -2.61. The van der Waals surface area contributed by atoms with Gasteiger partial charge in [0.05, 0.1) is 21.8 Å². The van der Waals surface area contributed by atoms with E-state index in [4.69, 9.17) is 39.5 Å². The first-order valence-corrected chi connectivity index (χ1v) is 12.6. The van der Waals surface area contributed by atoms with Crippen molar-refractivity contribution in [3.8, 4) is 16.8 Å². The van der Waals surface area contributed by atoms with Crippen LogP contribution in [0.4, 0.5) is 30.7 Å². The first kappa shape index (κ1) is 30.4. The van der Waals surface area contributed by atoms with E-state index in [1.54, 1.807) is 6.92 Å². The molecule has 0 saturated heterocycles. The van der Waals surface area contributed by atoms with Gasteiger partial charge in [0.1, 0.15) is 17.6 Å². The number of halogens is 10. The molecule has 0 unspecified atom stereocenters. The fraction of sp³-hybridized carbons (Fsp3) is 0.375. The van der Waals surface area contributed by atoms with Crippen molar-refractivity contribution in [1.82, 2.24) is 19.7 Å². The Balaban J connectivity index is 1.69. The number of aromatic nitrogens is 3. The maximum absolute atomic E-state index is 14.5. The molecule has 0 N–H and O–H groups in total. The van der Waals surface area contributed by atoms with Crippen LogP contribution in [0.2, 0.25) is 15.2 Å². The lowest BCUT2D eigenvalue weighted by molar-refractivity contribution is -0.348. The number of benzene rings is 1. The second-order valence-corrected chi connectivity index (χ2v) is 9.98. The van der Waals surface area contributed by atoms with Gasteiger partial charge in [0.2, 0.25) is 0 Å². The van der Waals surface area contributed by atoms with Gasteiger partial charge in [-0.15, -0.1) is 0 Å². The zero-order valence-corrected chi connectivity index (χ0v) is 22.5. The molecule has 0 aliphatic heterocycles. The van der Waals surface area contributed by atoms with E-state index in [2.05, 4.69) is 10.1 Å². The molecule has 216 valence electrons. The topological polar surface area (TPSA) is 60.2 Å². The minimum Gasteiger partial charge on any atom is -0.361 e. The van der Waals surface area contributed by atoms with Crippen LogP contribution in [0.5, 0.6) is 0 Å². The largest absolute Gasteiger partial charge is 0.435 e. The van der Waals surface area contributed by atoms with Gasteiger partial charge in [-0.3, -0.25) is 4.79 Å². The Kier molecular flexibility index (Phi) is 8.34. The first-order chi connectivity index (χ1) is 18.6. The third-order valence-corrected chi connectivity index (χ3v) is 6.97. The zero-order valence-electron chi connectivity index (χ0n) is 20.3. The monoisotopic (exact) mass is 632 g/mol. The number of carbonyl (C=O) groups is 1. The number of pyridine rings is 1. The molecule has 1 amide bonds. The molecule has 1 fully saturated rings. The molecule has 3 aromatic rings. The van der Waals surface area contributed by atoms with Crippen LogP contribution in [0, 0.1) is 0 Å². The number of hydrogen-bond acceptors (Lipinski definition) is 4. The molecule has 6 nitrogen and oxygen atoms in total. The summed E-state index contributed by atoms with van der Waals surface area (Å²) in [7, 11) is 0. The van der Waals surface area contributed by atoms with E-state index < -0.39 is 39.5 Å². The van der Waals surface area contributed by atoms with Gasteiger partial charge in [-0.25, -0.2) is 14.1 Å². The van der Waals surface area contributed by atoms with Crippen LogP contribution in [0.25, 0.3) is 16.8 Å². The number of nitrogens with zero attached hydrogens (tertiary/aromatic N) is 4. The number of carbonyl (C=O) groups excluding carboxylic acids is 1. The van der Waals surface area contributed by atoms with Crippen molar-refractivity contribution in [3.05, 3.63) is 63.1 Å². The minimum absolute atomic E-state index is 0.00604. The van der Waals surface area contributed by atoms with Gasteiger partial charge in [-0.05, 0) is 38.0 Å². The highest BCUT2D eigenvalue weighted by Crippen LogP contribution is 2.54. The van der Waals surface area contributed by atoms with Gasteiger partial charge >= 0.3 is 18.0 Å². The summed E-state index contributed by atoms with van der Waals surface area (Å²) < 4.78 is 100. The molecule has 1 aliphatic rings. The predicted octanol–water partition coefficient (Wildman–Crippen LogP) is 7.78. The highest BCUT2D eigenvalue weighted by Gasteiger charge is 2.73. The highest BCUT2D eigenvalue weighted by molar-refractivity contribution is 6.38. The van der Waals surface area contributed by atoms with E-state index in [1.165, 1.54) is 29.6 Å². The maximum Gasteiger partial charge on any atom is 0.435 e. The molecule has 1 aromatic carbocycles. The number of rotatable bonds is 8. The molecule has 4 rings (SSSR count). The van der Waals surface area contributed by atoms with Crippen LogP contribution in [0.1, 0.15) is 35.7 Å². The lowest BCUT2D eigenvalue weighted by Gasteiger charge is -2.30. The predicted molar refractivity (Wildman–Crippen MR) is 132 cm³/mol. The highest BCUT2D eigenvalue weighted by atomic mass is 35.5. The Morgan fingerprint density at radius 2 is 1.60 bits per heavy atom. The van der Waals surface area contributed by atoms with E-state index >= 15 is 0 Å². The van der Waals surface area contributed by atoms with Crippen LogP contribution in [0.15, 0.2) is 36.8 Å². The second kappa shape index (κ2) is 11.0. The Bertz CT molecular complexity index is 1390. The molecule has 1 saturated carbocycles. The molecule has 2 heterocycles. The van der Waals surface area contributed by atoms with Crippen molar-refractivity contribution >= 4 is 40.7 Å². The van der Waals surface area contributed by atoms with Gasteiger partial charge in [0, 0.05) is 41.7 Å². The lowest BCUT2D eigenvalue weighted by atomic mass is 9.94. The third-order valence-electron chi connectivity index (χ3n) is 6.09. The van der Waals surface area contributed by atoms with Crippen LogP contribution in [-0.2, 0) is 10.4 Å². The fourth-order valence-electron chi connectivity index (χ4n) is 3.88. The molecule has 2 aromatic heterocycles. The van der Waals surface area contributed by atoms with Crippen molar-refractivity contribution in [3.63, 3.8) is 0 Å². The quantitative estimate of drug-likeness (QED) is 0.144. The summed E-state index contributed by atoms with van der Waals surface area (Å²) in [4.78, 5) is 18.8. The second-order valence-electron chi connectivity index (χ2n) is 8.81. The van der Waals surface area contributed by atoms with E-state index in [-0.39, 0.29) is 41.3 Å². The van der Waals surface area contributed by atoms with Crippen LogP contribution in [-0.4, -0.2) is 57.3 Å². The Morgan fingerprint density at radius 3 is 2.12 bits per heavy atom. The summed E-state index contributed by atoms with van der Waals surface area (Å²) in [5.74, 6) is -0.409. The van der Waals surface area contributed by atoms with E-state index in [9.17, 15) is 35.5 Å². The molecule has 0 spiro atoms. The summed E-state index contributed by atoms with van der Waals surface area (Å²) in [6, 6.07) is 1.84. The van der Waals surface area contributed by atoms with Crippen LogP contribution >= 0.6 is 34.8 Å². The molecule has 0 atom stereocenters. The smallest absolute Gasteiger partial charge is 0.361 e. The van der Waals surface area contributed by atoms with E-state index in [0.717, 1.165) is 17.5 Å². The molecule has 16 heteroatoms. The molecular weight excluding hydrogens is 616 g/mol. The maximum atomic E-state index is 14.5. The summed E-state index contributed by atoms with van der Waals surface area (Å²) in [6.07, 6.45) is -7.16. The SMILES string of the molecule is CCOCN(C(=O)c1cc(-c2cnn(-c3c(Cl)cc(C(F)(C(F)(F)F)C(F)(F)F)cc3Cl)c2)cnc1Cl)C1CC1. The summed E-state index contributed by atoms with van der Waals surface area (Å²) in [5, 5.41) is 2.50. The van der Waals surface area contributed by atoms with Crippen molar-refractivity contribution in [2.45, 2.75) is 43.8 Å². The summed E-state index contributed by atoms with van der Waals surface area (Å²) in [5.41, 5.74) is -7.10. The van der Waals surface area contributed by atoms with E-state index in [1.807, 2.05) is 0 Å². The van der Waals surface area contributed by atoms with Gasteiger partial charge in [-0.2, -0.15) is 31.4 Å². The van der Waals surface area contributed by atoms with E-state index in [0.29, 0.717) is 17.7 Å². The fourth-order valence-corrected chi connectivity index (χ4v) is 4.73. The molecule has 0 bridgehead atoms. The average Bonchev–Trinajstić information content (AvgIpc) is 3.58. The third kappa shape index (κ3) is 5.61.